The third-order valence-corrected chi connectivity index (χ3v) is 3.91. The quantitative estimate of drug-likeness (QED) is 0.885. The lowest BCUT2D eigenvalue weighted by molar-refractivity contribution is 0.882. The zero-order valence-corrected chi connectivity index (χ0v) is 11.4. The first-order valence-electron chi connectivity index (χ1n) is 6.34. The molecule has 0 aliphatic carbocycles. The Labute approximate surface area is 115 Å². The molecule has 2 aromatic heterocycles. The van der Waals surface area contributed by atoms with Gasteiger partial charge in [0.25, 0.3) is 0 Å². The summed E-state index contributed by atoms with van der Waals surface area (Å²) < 4.78 is 0. The van der Waals surface area contributed by atoms with Crippen LogP contribution < -0.4 is 16.0 Å². The van der Waals surface area contributed by atoms with Gasteiger partial charge in [0.1, 0.15) is 0 Å². The SMILES string of the molecule is Nc1nc(NCc2cccs2)nc(N2CCCC2)n1. The van der Waals surface area contributed by atoms with E-state index in [1.54, 1.807) is 11.3 Å². The van der Waals surface area contributed by atoms with E-state index in [-0.39, 0.29) is 5.95 Å². The minimum absolute atomic E-state index is 0.269. The van der Waals surface area contributed by atoms with Crippen molar-refractivity contribution in [2.24, 2.45) is 0 Å². The normalized spacial score (nSPS) is 14.8. The molecular weight excluding hydrogens is 260 g/mol. The van der Waals surface area contributed by atoms with Crippen LogP contribution in [0, 0.1) is 0 Å². The summed E-state index contributed by atoms with van der Waals surface area (Å²) in [5.41, 5.74) is 5.75. The number of hydrogen-bond donors (Lipinski definition) is 2. The molecule has 6 nitrogen and oxygen atoms in total. The molecule has 0 aromatic carbocycles. The van der Waals surface area contributed by atoms with Gasteiger partial charge in [-0.2, -0.15) is 15.0 Å². The summed E-state index contributed by atoms with van der Waals surface area (Å²) in [6.07, 6.45) is 2.37. The van der Waals surface area contributed by atoms with Gasteiger partial charge in [-0.1, -0.05) is 6.07 Å². The molecule has 0 saturated carbocycles. The van der Waals surface area contributed by atoms with E-state index in [2.05, 4.69) is 36.6 Å². The molecule has 1 aliphatic heterocycles. The van der Waals surface area contributed by atoms with Crippen LogP contribution >= 0.6 is 11.3 Å². The summed E-state index contributed by atoms with van der Waals surface area (Å²) >= 11 is 1.70. The van der Waals surface area contributed by atoms with Gasteiger partial charge in [0.05, 0.1) is 6.54 Å². The molecule has 2 aromatic rings. The number of nitrogens with one attached hydrogen (secondary N) is 1. The molecule has 0 radical (unpaired) electrons. The maximum absolute atomic E-state index is 5.75. The Bertz CT molecular complexity index is 535. The number of nitrogens with zero attached hydrogens (tertiary/aromatic N) is 4. The minimum Gasteiger partial charge on any atom is -0.368 e. The van der Waals surface area contributed by atoms with Gasteiger partial charge in [-0.3, -0.25) is 0 Å². The highest BCUT2D eigenvalue weighted by Gasteiger charge is 2.16. The van der Waals surface area contributed by atoms with Gasteiger partial charge >= 0.3 is 0 Å². The van der Waals surface area contributed by atoms with E-state index < -0.39 is 0 Å². The zero-order chi connectivity index (χ0) is 13.1. The number of aromatic nitrogens is 3. The zero-order valence-electron chi connectivity index (χ0n) is 10.5. The van der Waals surface area contributed by atoms with Crippen molar-refractivity contribution in [3.8, 4) is 0 Å². The molecular formula is C12H16N6S. The summed E-state index contributed by atoms with van der Waals surface area (Å²) in [7, 11) is 0. The number of nitrogens with two attached hydrogens (primary N) is 1. The number of nitrogen functional groups attached to an aromatic ring is 1. The Morgan fingerprint density at radius 1 is 1.26 bits per heavy atom. The highest BCUT2D eigenvalue weighted by molar-refractivity contribution is 7.09. The third kappa shape index (κ3) is 2.93. The smallest absolute Gasteiger partial charge is 0.231 e. The average molecular weight is 276 g/mol. The maximum atomic E-state index is 5.75. The molecule has 0 spiro atoms. The number of rotatable bonds is 4. The fourth-order valence-corrected chi connectivity index (χ4v) is 2.74. The van der Waals surface area contributed by atoms with Crippen molar-refractivity contribution in [3.05, 3.63) is 22.4 Å². The Hall–Kier alpha value is -1.89. The standard InChI is InChI=1S/C12H16N6S/c13-10-15-11(14-8-9-4-3-7-19-9)17-12(16-10)18-5-1-2-6-18/h3-4,7H,1-2,5-6,8H2,(H3,13,14,15,16,17). The van der Waals surface area contributed by atoms with Crippen LogP contribution in [0.3, 0.4) is 0 Å². The van der Waals surface area contributed by atoms with Crippen LogP contribution in [0.15, 0.2) is 17.5 Å². The highest BCUT2D eigenvalue weighted by atomic mass is 32.1. The summed E-state index contributed by atoms with van der Waals surface area (Å²) in [5.74, 6) is 1.49. The third-order valence-electron chi connectivity index (χ3n) is 3.03. The largest absolute Gasteiger partial charge is 0.368 e. The highest BCUT2D eigenvalue weighted by Crippen LogP contribution is 2.18. The van der Waals surface area contributed by atoms with Crippen LogP contribution in [-0.2, 0) is 6.54 Å². The lowest BCUT2D eigenvalue weighted by Crippen LogP contribution is -2.22. The number of hydrogen-bond acceptors (Lipinski definition) is 7. The van der Waals surface area contributed by atoms with Crippen LogP contribution in [-0.4, -0.2) is 28.0 Å². The first kappa shape index (κ1) is 12.2. The van der Waals surface area contributed by atoms with Crippen LogP contribution in [0.1, 0.15) is 17.7 Å². The Balaban J connectivity index is 1.73. The van der Waals surface area contributed by atoms with E-state index in [9.17, 15) is 0 Å². The first-order chi connectivity index (χ1) is 9.31. The second-order valence-corrected chi connectivity index (χ2v) is 5.48. The average Bonchev–Trinajstić information content (AvgIpc) is 3.09. The molecule has 7 heteroatoms. The summed E-state index contributed by atoms with van der Waals surface area (Å²) in [4.78, 5) is 16.1. The van der Waals surface area contributed by atoms with Crippen molar-refractivity contribution >= 4 is 29.2 Å². The van der Waals surface area contributed by atoms with Crippen molar-refractivity contribution in [2.45, 2.75) is 19.4 Å². The van der Waals surface area contributed by atoms with E-state index in [0.29, 0.717) is 18.4 Å². The lowest BCUT2D eigenvalue weighted by atomic mass is 10.4. The predicted molar refractivity (Wildman–Crippen MR) is 77.3 cm³/mol. The van der Waals surface area contributed by atoms with Gasteiger partial charge in [-0.05, 0) is 24.3 Å². The molecule has 1 saturated heterocycles. The Kier molecular flexibility index (Phi) is 3.45. The monoisotopic (exact) mass is 276 g/mol. The number of anilines is 3. The van der Waals surface area contributed by atoms with Gasteiger partial charge in [0.2, 0.25) is 17.8 Å². The van der Waals surface area contributed by atoms with E-state index in [1.807, 2.05) is 6.07 Å². The van der Waals surface area contributed by atoms with Gasteiger partial charge < -0.3 is 16.0 Å². The second-order valence-electron chi connectivity index (χ2n) is 4.44. The summed E-state index contributed by atoms with van der Waals surface area (Å²) in [6, 6.07) is 4.10. The first-order valence-corrected chi connectivity index (χ1v) is 7.22. The molecule has 0 bridgehead atoms. The molecule has 0 unspecified atom stereocenters. The minimum atomic E-state index is 0.269. The second kappa shape index (κ2) is 5.40. The van der Waals surface area contributed by atoms with Crippen molar-refractivity contribution in [1.29, 1.82) is 0 Å². The van der Waals surface area contributed by atoms with E-state index in [1.165, 1.54) is 17.7 Å². The molecule has 3 rings (SSSR count). The van der Waals surface area contributed by atoms with Crippen molar-refractivity contribution in [3.63, 3.8) is 0 Å². The van der Waals surface area contributed by atoms with Crippen LogP contribution in [0.25, 0.3) is 0 Å². The van der Waals surface area contributed by atoms with Crippen LogP contribution in [0.4, 0.5) is 17.8 Å². The summed E-state index contributed by atoms with van der Waals surface area (Å²) in [6.45, 7) is 2.70. The van der Waals surface area contributed by atoms with Crippen molar-refractivity contribution in [2.75, 3.05) is 29.0 Å². The molecule has 0 amide bonds. The van der Waals surface area contributed by atoms with Crippen molar-refractivity contribution < 1.29 is 0 Å². The van der Waals surface area contributed by atoms with Gasteiger partial charge in [-0.15, -0.1) is 11.3 Å². The Morgan fingerprint density at radius 3 is 2.84 bits per heavy atom. The summed E-state index contributed by atoms with van der Waals surface area (Å²) in [5, 5.41) is 5.24. The van der Waals surface area contributed by atoms with Crippen molar-refractivity contribution in [1.82, 2.24) is 15.0 Å². The van der Waals surface area contributed by atoms with Gasteiger partial charge in [-0.25, -0.2) is 0 Å². The molecule has 3 N–H and O–H groups in total. The van der Waals surface area contributed by atoms with Crippen LogP contribution in [0.5, 0.6) is 0 Å². The van der Waals surface area contributed by atoms with Crippen LogP contribution in [0.2, 0.25) is 0 Å². The number of thiophene rings is 1. The van der Waals surface area contributed by atoms with E-state index >= 15 is 0 Å². The van der Waals surface area contributed by atoms with E-state index in [0.717, 1.165) is 13.1 Å². The predicted octanol–water partition coefficient (Wildman–Crippen LogP) is 1.73. The fraction of sp³-hybridized carbons (Fsp3) is 0.417. The molecule has 1 fully saturated rings. The molecule has 3 heterocycles. The fourth-order valence-electron chi connectivity index (χ4n) is 2.10. The molecule has 100 valence electrons. The molecule has 0 atom stereocenters. The van der Waals surface area contributed by atoms with Gasteiger partial charge in [0.15, 0.2) is 0 Å². The maximum Gasteiger partial charge on any atom is 0.231 e. The Morgan fingerprint density at radius 2 is 2.11 bits per heavy atom. The topological polar surface area (TPSA) is 80.0 Å². The molecule has 19 heavy (non-hydrogen) atoms. The lowest BCUT2D eigenvalue weighted by Gasteiger charge is -2.15. The molecule has 1 aliphatic rings. The van der Waals surface area contributed by atoms with Gasteiger partial charge in [0, 0.05) is 18.0 Å². The van der Waals surface area contributed by atoms with E-state index in [4.69, 9.17) is 5.73 Å².